The number of carbonyl (C=O) groups excluding carboxylic acids is 1. The Morgan fingerprint density at radius 1 is 1.46 bits per heavy atom. The van der Waals surface area contributed by atoms with Crippen LogP contribution in [0.15, 0.2) is 30.6 Å². The van der Waals surface area contributed by atoms with Crippen molar-refractivity contribution in [1.29, 1.82) is 0 Å². The smallest absolute Gasteiger partial charge is 0.220 e. The van der Waals surface area contributed by atoms with Gasteiger partial charge in [0, 0.05) is 32.0 Å². The number of aryl methyl sites for hydroxylation is 1. The number of imidazole rings is 1. The van der Waals surface area contributed by atoms with E-state index >= 15 is 0 Å². The molecule has 0 aliphatic carbocycles. The highest BCUT2D eigenvalue weighted by atomic mass is 16.5. The van der Waals surface area contributed by atoms with E-state index in [1.54, 1.807) is 0 Å². The summed E-state index contributed by atoms with van der Waals surface area (Å²) in [4.78, 5) is 19.0. The Labute approximate surface area is 154 Å². The molecule has 1 aliphatic heterocycles. The topological polar surface area (TPSA) is 68.1 Å². The molecule has 1 N–H and O–H groups in total. The number of nitrogens with zero attached hydrogens (tertiary/aromatic N) is 3. The highest BCUT2D eigenvalue weighted by Gasteiger charge is 2.27. The quantitative estimate of drug-likeness (QED) is 0.764. The van der Waals surface area contributed by atoms with Gasteiger partial charge in [0.2, 0.25) is 5.91 Å². The van der Waals surface area contributed by atoms with E-state index < -0.39 is 0 Å². The summed E-state index contributed by atoms with van der Waals surface area (Å²) in [6, 6.07) is 5.79. The molecule has 1 amide bonds. The van der Waals surface area contributed by atoms with E-state index in [2.05, 4.69) is 15.2 Å². The van der Waals surface area contributed by atoms with Crippen LogP contribution in [0.1, 0.15) is 18.5 Å². The van der Waals surface area contributed by atoms with Crippen molar-refractivity contribution in [3.63, 3.8) is 0 Å². The second-order valence-electron chi connectivity index (χ2n) is 6.95. The maximum Gasteiger partial charge on any atom is 0.220 e. The van der Waals surface area contributed by atoms with Crippen LogP contribution < -0.4 is 5.32 Å². The number of likely N-dealkylation sites (N-methyl/N-ethyl adjacent to an activating group) is 1. The van der Waals surface area contributed by atoms with Gasteiger partial charge in [0.25, 0.3) is 0 Å². The third-order valence-corrected chi connectivity index (χ3v) is 4.53. The van der Waals surface area contributed by atoms with E-state index in [1.807, 2.05) is 49.1 Å². The largest absolute Gasteiger partial charge is 0.379 e. The Bertz CT molecular complexity index is 683. The van der Waals surface area contributed by atoms with Crippen LogP contribution in [-0.4, -0.2) is 72.8 Å². The predicted octanol–water partition coefficient (Wildman–Crippen LogP) is 1.12. The molecule has 26 heavy (non-hydrogen) atoms. The summed E-state index contributed by atoms with van der Waals surface area (Å²) < 4.78 is 13.4. The molecular weight excluding hydrogens is 332 g/mol. The molecule has 0 bridgehead atoms. The molecule has 2 atom stereocenters. The van der Waals surface area contributed by atoms with Crippen LogP contribution in [0.25, 0.3) is 5.65 Å². The molecule has 142 valence electrons. The summed E-state index contributed by atoms with van der Waals surface area (Å²) in [5, 5.41) is 3.07. The number of nitrogens with one attached hydrogen (secondary N) is 1. The Kier molecular flexibility index (Phi) is 6.60. The molecule has 1 aliphatic rings. The SMILES string of the molecule is CN(C)CCO[C@H]1CCOC[C@H]1NC(=O)CCc1cn2ccccc2n1. The van der Waals surface area contributed by atoms with Gasteiger partial charge < -0.3 is 24.1 Å². The van der Waals surface area contributed by atoms with Crippen LogP contribution in [0.3, 0.4) is 0 Å². The molecule has 7 heteroatoms. The molecule has 1 saturated heterocycles. The van der Waals surface area contributed by atoms with Crippen LogP contribution in [0.4, 0.5) is 0 Å². The van der Waals surface area contributed by atoms with Gasteiger partial charge in [0.15, 0.2) is 0 Å². The Morgan fingerprint density at radius 2 is 2.35 bits per heavy atom. The van der Waals surface area contributed by atoms with Gasteiger partial charge >= 0.3 is 0 Å². The molecule has 1 fully saturated rings. The third-order valence-electron chi connectivity index (χ3n) is 4.53. The molecule has 3 heterocycles. The molecule has 0 saturated carbocycles. The molecule has 0 unspecified atom stereocenters. The second kappa shape index (κ2) is 9.12. The minimum Gasteiger partial charge on any atom is -0.379 e. The van der Waals surface area contributed by atoms with Gasteiger partial charge in [0.05, 0.1) is 31.1 Å². The number of hydrogen-bond acceptors (Lipinski definition) is 5. The monoisotopic (exact) mass is 360 g/mol. The van der Waals surface area contributed by atoms with Gasteiger partial charge in [-0.05, 0) is 39.1 Å². The third kappa shape index (κ3) is 5.27. The van der Waals surface area contributed by atoms with Crippen molar-refractivity contribution in [2.45, 2.75) is 31.4 Å². The number of carbonyl (C=O) groups is 1. The second-order valence-corrected chi connectivity index (χ2v) is 6.95. The number of fused-ring (bicyclic) bond motifs is 1. The number of aromatic nitrogens is 2. The van der Waals surface area contributed by atoms with Crippen LogP contribution in [-0.2, 0) is 20.7 Å². The number of ether oxygens (including phenoxy) is 2. The molecule has 2 aromatic rings. The number of rotatable bonds is 8. The zero-order valence-electron chi connectivity index (χ0n) is 15.6. The van der Waals surface area contributed by atoms with Gasteiger partial charge in [-0.2, -0.15) is 0 Å². The highest BCUT2D eigenvalue weighted by Crippen LogP contribution is 2.13. The number of pyridine rings is 1. The van der Waals surface area contributed by atoms with Crippen molar-refractivity contribution in [2.24, 2.45) is 0 Å². The average Bonchev–Trinajstić information content (AvgIpc) is 3.04. The van der Waals surface area contributed by atoms with Gasteiger partial charge in [-0.15, -0.1) is 0 Å². The minimum atomic E-state index is -0.0838. The van der Waals surface area contributed by atoms with Crippen LogP contribution in [0, 0.1) is 0 Å². The molecule has 0 aromatic carbocycles. The maximum atomic E-state index is 12.4. The molecule has 0 spiro atoms. The number of amides is 1. The Morgan fingerprint density at radius 3 is 3.15 bits per heavy atom. The summed E-state index contributed by atoms with van der Waals surface area (Å²) in [5.41, 5.74) is 1.82. The lowest BCUT2D eigenvalue weighted by Crippen LogP contribution is -2.51. The summed E-state index contributed by atoms with van der Waals surface area (Å²) >= 11 is 0. The number of hydrogen-bond donors (Lipinski definition) is 1. The summed E-state index contributed by atoms with van der Waals surface area (Å²) in [5.74, 6) is 0.0127. The molecule has 7 nitrogen and oxygen atoms in total. The van der Waals surface area contributed by atoms with Crippen LogP contribution in [0.2, 0.25) is 0 Å². The fourth-order valence-electron chi connectivity index (χ4n) is 3.07. The minimum absolute atomic E-state index is 0.0127. The first kappa shape index (κ1) is 18.8. The first-order chi connectivity index (χ1) is 12.6. The van der Waals surface area contributed by atoms with Crippen molar-refractivity contribution in [1.82, 2.24) is 19.6 Å². The zero-order chi connectivity index (χ0) is 18.4. The van der Waals surface area contributed by atoms with E-state index in [1.165, 1.54) is 0 Å². The molecular formula is C19H28N4O3. The maximum absolute atomic E-state index is 12.4. The molecule has 3 rings (SSSR count). The van der Waals surface area contributed by atoms with E-state index in [4.69, 9.17) is 9.47 Å². The lowest BCUT2D eigenvalue weighted by atomic mass is 10.1. The van der Waals surface area contributed by atoms with Crippen molar-refractivity contribution in [3.8, 4) is 0 Å². The zero-order valence-corrected chi connectivity index (χ0v) is 15.6. The first-order valence-electron chi connectivity index (χ1n) is 9.18. The van der Waals surface area contributed by atoms with E-state index in [0.717, 1.165) is 24.3 Å². The Balaban J connectivity index is 1.47. The fourth-order valence-corrected chi connectivity index (χ4v) is 3.07. The van der Waals surface area contributed by atoms with Gasteiger partial charge in [-0.3, -0.25) is 4.79 Å². The normalized spacial score (nSPS) is 20.6. The summed E-state index contributed by atoms with van der Waals surface area (Å²) in [6.45, 7) is 2.71. The van der Waals surface area contributed by atoms with Crippen molar-refractivity contribution < 1.29 is 14.3 Å². The average molecular weight is 360 g/mol. The molecule has 0 radical (unpaired) electrons. The molecule has 2 aromatic heterocycles. The van der Waals surface area contributed by atoms with Crippen molar-refractivity contribution in [2.75, 3.05) is 40.5 Å². The first-order valence-corrected chi connectivity index (χ1v) is 9.18. The van der Waals surface area contributed by atoms with E-state index in [-0.39, 0.29) is 18.1 Å². The lowest BCUT2D eigenvalue weighted by molar-refractivity contribution is -0.126. The standard InChI is InChI=1S/C19H28N4O3/c1-22(2)10-12-26-17-8-11-25-14-16(17)21-19(24)7-6-15-13-23-9-4-3-5-18(23)20-15/h3-5,9,13,16-17H,6-8,10-12,14H2,1-2H3,(H,21,24)/t16-,17+/m1/s1. The van der Waals surface area contributed by atoms with E-state index in [0.29, 0.717) is 32.7 Å². The van der Waals surface area contributed by atoms with Gasteiger partial charge in [0.1, 0.15) is 5.65 Å². The van der Waals surface area contributed by atoms with E-state index in [9.17, 15) is 4.79 Å². The summed E-state index contributed by atoms with van der Waals surface area (Å²) in [6.07, 6.45) is 5.78. The van der Waals surface area contributed by atoms with Crippen LogP contribution >= 0.6 is 0 Å². The Hall–Kier alpha value is -1.96. The highest BCUT2D eigenvalue weighted by molar-refractivity contribution is 5.76. The van der Waals surface area contributed by atoms with Crippen LogP contribution in [0.5, 0.6) is 0 Å². The fraction of sp³-hybridized carbons (Fsp3) is 0.579. The van der Waals surface area contributed by atoms with Gasteiger partial charge in [-0.1, -0.05) is 6.07 Å². The van der Waals surface area contributed by atoms with Crippen molar-refractivity contribution in [3.05, 3.63) is 36.3 Å². The summed E-state index contributed by atoms with van der Waals surface area (Å²) in [7, 11) is 4.04. The van der Waals surface area contributed by atoms with Crippen molar-refractivity contribution >= 4 is 11.6 Å². The lowest BCUT2D eigenvalue weighted by Gasteiger charge is -2.32. The van der Waals surface area contributed by atoms with Gasteiger partial charge in [-0.25, -0.2) is 4.98 Å². The predicted molar refractivity (Wildman–Crippen MR) is 99.2 cm³/mol.